The van der Waals surface area contributed by atoms with Crippen LogP contribution in [0.3, 0.4) is 0 Å². The van der Waals surface area contributed by atoms with Crippen LogP contribution >= 0.6 is 15.9 Å². The summed E-state index contributed by atoms with van der Waals surface area (Å²) in [6.07, 6.45) is 2.55. The van der Waals surface area contributed by atoms with Gasteiger partial charge in [0.25, 0.3) is 0 Å². The Labute approximate surface area is 169 Å². The molecule has 0 aliphatic rings. The van der Waals surface area contributed by atoms with Crippen molar-refractivity contribution in [1.82, 2.24) is 4.72 Å². The molecule has 1 amide bonds. The van der Waals surface area contributed by atoms with Crippen LogP contribution in [-0.2, 0) is 34.1 Å². The molecule has 0 aliphatic heterocycles. The summed E-state index contributed by atoms with van der Waals surface area (Å²) in [6, 6.07) is 10.7. The Balaban J connectivity index is 2.05. The van der Waals surface area contributed by atoms with Gasteiger partial charge in [-0.3, -0.25) is 4.79 Å². The Morgan fingerprint density at radius 3 is 2.07 bits per heavy atom. The first-order valence-corrected chi connectivity index (χ1v) is 11.2. The van der Waals surface area contributed by atoms with E-state index in [1.807, 2.05) is 12.1 Å². The van der Waals surface area contributed by atoms with Crippen LogP contribution in [0.4, 0.5) is 5.69 Å². The van der Waals surface area contributed by atoms with Gasteiger partial charge < -0.3 is 5.32 Å². The zero-order valence-corrected chi connectivity index (χ0v) is 18.2. The van der Waals surface area contributed by atoms with Crippen molar-refractivity contribution in [2.24, 2.45) is 0 Å². The number of nitrogens with one attached hydrogen (secondary N) is 2. The predicted octanol–water partition coefficient (Wildman–Crippen LogP) is 4.05. The van der Waals surface area contributed by atoms with E-state index in [4.69, 9.17) is 0 Å². The Hall–Kier alpha value is -1.70. The lowest BCUT2D eigenvalue weighted by atomic mass is 10.0. The third-order valence-electron chi connectivity index (χ3n) is 4.44. The van der Waals surface area contributed by atoms with Gasteiger partial charge in [0.2, 0.25) is 15.9 Å². The second-order valence-electron chi connectivity index (χ2n) is 6.21. The fraction of sp³-hybridized carbons (Fsp3) is 0.350. The van der Waals surface area contributed by atoms with Crippen LogP contribution in [0.2, 0.25) is 0 Å². The van der Waals surface area contributed by atoms with E-state index in [-0.39, 0.29) is 10.8 Å². The average Bonchev–Trinajstić information content (AvgIpc) is 2.67. The van der Waals surface area contributed by atoms with Gasteiger partial charge in [0.1, 0.15) is 0 Å². The van der Waals surface area contributed by atoms with Crippen molar-refractivity contribution in [2.75, 3.05) is 12.4 Å². The number of anilines is 1. The van der Waals surface area contributed by atoms with Gasteiger partial charge in [0, 0.05) is 16.6 Å². The summed E-state index contributed by atoms with van der Waals surface area (Å²) in [5.41, 5.74) is 4.04. The normalized spacial score (nSPS) is 11.4. The fourth-order valence-electron chi connectivity index (χ4n) is 2.86. The van der Waals surface area contributed by atoms with Crippen LogP contribution < -0.4 is 10.0 Å². The second-order valence-corrected chi connectivity index (χ2v) is 9.01. The molecular formula is C20H25BrN2O3S. The summed E-state index contributed by atoms with van der Waals surface area (Å²) in [5.74, 6) is -0.0476. The molecule has 0 aliphatic carbocycles. The second kappa shape index (κ2) is 9.48. The number of halogens is 1. The molecule has 0 radical (unpaired) electrons. The molecule has 27 heavy (non-hydrogen) atoms. The SMILES string of the molecule is CCc1cc(Br)cc(CC)c1NC(=O)CCc1ccc(S(=O)(=O)NC)cc1. The van der Waals surface area contributed by atoms with E-state index in [2.05, 4.69) is 39.8 Å². The lowest BCUT2D eigenvalue weighted by Gasteiger charge is -2.15. The number of benzene rings is 2. The quantitative estimate of drug-likeness (QED) is 0.633. The highest BCUT2D eigenvalue weighted by Crippen LogP contribution is 2.27. The summed E-state index contributed by atoms with van der Waals surface area (Å²) < 4.78 is 26.8. The molecular weight excluding hydrogens is 428 g/mol. The number of rotatable bonds is 8. The zero-order chi connectivity index (χ0) is 20.0. The molecule has 0 fully saturated rings. The van der Waals surface area contributed by atoms with Crippen molar-refractivity contribution in [2.45, 2.75) is 44.4 Å². The lowest BCUT2D eigenvalue weighted by Crippen LogP contribution is -2.18. The van der Waals surface area contributed by atoms with E-state index in [0.717, 1.165) is 39.7 Å². The molecule has 7 heteroatoms. The third-order valence-corrected chi connectivity index (χ3v) is 6.32. The molecule has 2 N–H and O–H groups in total. The molecule has 0 spiro atoms. The highest BCUT2D eigenvalue weighted by atomic mass is 79.9. The zero-order valence-electron chi connectivity index (χ0n) is 15.8. The lowest BCUT2D eigenvalue weighted by molar-refractivity contribution is -0.116. The van der Waals surface area contributed by atoms with Crippen molar-refractivity contribution in [3.8, 4) is 0 Å². The number of hydrogen-bond acceptors (Lipinski definition) is 3. The van der Waals surface area contributed by atoms with Gasteiger partial charge in [-0.15, -0.1) is 0 Å². The standard InChI is InChI=1S/C20H25BrN2O3S/c1-4-15-12-17(21)13-16(5-2)20(15)23-19(24)11-8-14-6-9-18(10-7-14)27(25,26)22-3/h6-7,9-10,12-13,22H,4-5,8,11H2,1-3H3,(H,23,24). The van der Waals surface area contributed by atoms with Crippen LogP contribution in [0.25, 0.3) is 0 Å². The van der Waals surface area contributed by atoms with Crippen LogP contribution in [0.5, 0.6) is 0 Å². The molecule has 146 valence electrons. The van der Waals surface area contributed by atoms with Gasteiger partial charge in [-0.2, -0.15) is 0 Å². The highest BCUT2D eigenvalue weighted by molar-refractivity contribution is 9.10. The molecule has 2 aromatic carbocycles. The number of aryl methyl sites for hydroxylation is 3. The number of hydrogen-bond donors (Lipinski definition) is 2. The Morgan fingerprint density at radius 2 is 1.59 bits per heavy atom. The first kappa shape index (κ1) is 21.6. The Kier molecular flexibility index (Phi) is 7.59. The molecule has 2 rings (SSSR count). The predicted molar refractivity (Wildman–Crippen MR) is 113 cm³/mol. The van der Waals surface area contributed by atoms with Crippen molar-refractivity contribution in [3.63, 3.8) is 0 Å². The molecule has 0 atom stereocenters. The third kappa shape index (κ3) is 5.64. The summed E-state index contributed by atoms with van der Waals surface area (Å²) >= 11 is 3.52. The minimum atomic E-state index is -3.44. The summed E-state index contributed by atoms with van der Waals surface area (Å²) in [7, 11) is -2.06. The maximum Gasteiger partial charge on any atom is 0.240 e. The summed E-state index contributed by atoms with van der Waals surface area (Å²) in [4.78, 5) is 12.7. The van der Waals surface area contributed by atoms with Gasteiger partial charge in [-0.25, -0.2) is 13.1 Å². The molecule has 0 unspecified atom stereocenters. The van der Waals surface area contributed by atoms with Crippen LogP contribution in [0, 0.1) is 0 Å². The number of sulfonamides is 1. The average molecular weight is 453 g/mol. The molecule has 5 nitrogen and oxygen atoms in total. The van der Waals surface area contributed by atoms with Crippen molar-refractivity contribution < 1.29 is 13.2 Å². The van der Waals surface area contributed by atoms with Gasteiger partial charge in [-0.1, -0.05) is 41.9 Å². The molecule has 2 aromatic rings. The number of amides is 1. The number of carbonyl (C=O) groups is 1. The Morgan fingerprint density at radius 1 is 1.04 bits per heavy atom. The van der Waals surface area contributed by atoms with Gasteiger partial charge in [-0.05, 0) is 67.3 Å². The minimum absolute atomic E-state index is 0.0476. The van der Waals surface area contributed by atoms with E-state index >= 15 is 0 Å². The molecule has 0 saturated heterocycles. The van der Waals surface area contributed by atoms with Gasteiger partial charge in [0.05, 0.1) is 4.90 Å². The fourth-order valence-corrected chi connectivity index (χ4v) is 4.14. The maximum atomic E-state index is 12.5. The monoisotopic (exact) mass is 452 g/mol. The van der Waals surface area contributed by atoms with Crippen molar-refractivity contribution >= 4 is 37.5 Å². The topological polar surface area (TPSA) is 75.3 Å². The van der Waals surface area contributed by atoms with Crippen molar-refractivity contribution in [1.29, 1.82) is 0 Å². The molecule has 0 bridgehead atoms. The van der Waals surface area contributed by atoms with E-state index < -0.39 is 10.0 Å². The smallest absolute Gasteiger partial charge is 0.240 e. The minimum Gasteiger partial charge on any atom is -0.326 e. The van der Waals surface area contributed by atoms with Crippen LogP contribution in [0.1, 0.15) is 37.0 Å². The first-order valence-electron chi connectivity index (χ1n) is 8.94. The van der Waals surface area contributed by atoms with E-state index in [0.29, 0.717) is 12.8 Å². The first-order chi connectivity index (χ1) is 12.8. The Bertz CT molecular complexity index is 884. The maximum absolute atomic E-state index is 12.5. The highest BCUT2D eigenvalue weighted by Gasteiger charge is 2.13. The summed E-state index contributed by atoms with van der Waals surface area (Å²) in [5, 5.41) is 3.06. The van der Waals surface area contributed by atoms with Gasteiger partial charge >= 0.3 is 0 Å². The largest absolute Gasteiger partial charge is 0.326 e. The van der Waals surface area contributed by atoms with E-state index in [9.17, 15) is 13.2 Å². The van der Waals surface area contributed by atoms with E-state index in [1.165, 1.54) is 7.05 Å². The van der Waals surface area contributed by atoms with Crippen LogP contribution in [0.15, 0.2) is 45.8 Å². The number of carbonyl (C=O) groups excluding carboxylic acids is 1. The van der Waals surface area contributed by atoms with E-state index in [1.54, 1.807) is 24.3 Å². The summed E-state index contributed by atoms with van der Waals surface area (Å²) in [6.45, 7) is 4.13. The van der Waals surface area contributed by atoms with Crippen LogP contribution in [-0.4, -0.2) is 21.4 Å². The van der Waals surface area contributed by atoms with Crippen molar-refractivity contribution in [3.05, 3.63) is 57.6 Å². The van der Waals surface area contributed by atoms with Gasteiger partial charge in [0.15, 0.2) is 0 Å². The molecule has 0 heterocycles. The molecule has 0 aromatic heterocycles. The molecule has 0 saturated carbocycles.